The number of hydrogen-bond acceptors (Lipinski definition) is 8. The van der Waals surface area contributed by atoms with E-state index in [1.165, 1.54) is 0 Å². The molecule has 4 amide bonds. The molecule has 1 aromatic heterocycles. The zero-order valence-corrected chi connectivity index (χ0v) is 34.4. The predicted octanol–water partition coefficient (Wildman–Crippen LogP) is 6.60. The van der Waals surface area contributed by atoms with E-state index in [2.05, 4.69) is 50.5 Å². The Labute approximate surface area is 356 Å². The van der Waals surface area contributed by atoms with Crippen LogP contribution in [0.15, 0.2) is 120 Å². The first-order valence-electron chi connectivity index (χ1n) is 21.8. The van der Waals surface area contributed by atoms with E-state index in [9.17, 15) is 19.2 Å². The first kappa shape index (κ1) is 40.3. The van der Waals surface area contributed by atoms with Crippen molar-refractivity contribution >= 4 is 35.0 Å². The van der Waals surface area contributed by atoms with Crippen LogP contribution in [0.4, 0.5) is 11.4 Å². The van der Waals surface area contributed by atoms with E-state index >= 15 is 0 Å². The molecule has 5 heterocycles. The molecule has 4 N–H and O–H groups in total. The molecule has 0 radical (unpaired) electrons. The van der Waals surface area contributed by atoms with Gasteiger partial charge in [-0.2, -0.15) is 0 Å². The molecular weight excluding hydrogens is 767 g/mol. The Kier molecular flexibility index (Phi) is 11.5. The lowest BCUT2D eigenvalue weighted by Crippen LogP contribution is -2.58. The van der Waals surface area contributed by atoms with Gasteiger partial charge in [0.1, 0.15) is 23.2 Å². The summed E-state index contributed by atoms with van der Waals surface area (Å²) in [5.74, 6) is 0.644. The van der Waals surface area contributed by atoms with Crippen LogP contribution in [0.2, 0.25) is 0 Å². The smallest absolute Gasteiger partial charge is 0.247 e. The summed E-state index contributed by atoms with van der Waals surface area (Å²) in [6.45, 7) is 2.70. The molecule has 12 heteroatoms. The minimum absolute atomic E-state index is 0.00888. The number of aromatic nitrogens is 1. The van der Waals surface area contributed by atoms with E-state index in [-0.39, 0.29) is 23.6 Å². The maximum absolute atomic E-state index is 14.1. The predicted molar refractivity (Wildman–Crippen MR) is 234 cm³/mol. The van der Waals surface area contributed by atoms with Crippen molar-refractivity contribution in [2.75, 3.05) is 36.8 Å². The molecular formula is C49H53N7O5. The van der Waals surface area contributed by atoms with E-state index < -0.39 is 23.2 Å². The van der Waals surface area contributed by atoms with Gasteiger partial charge in [-0.05, 0) is 137 Å². The minimum atomic E-state index is -0.695. The van der Waals surface area contributed by atoms with Gasteiger partial charge in [0, 0.05) is 35.6 Å². The zero-order chi connectivity index (χ0) is 41.8. The number of carbonyl (C=O) groups is 4. The molecule has 4 aliphatic rings. The van der Waals surface area contributed by atoms with Crippen molar-refractivity contribution in [1.82, 2.24) is 25.4 Å². The largest absolute Gasteiger partial charge is 0.436 e. The van der Waals surface area contributed by atoms with Crippen LogP contribution >= 0.6 is 0 Å². The van der Waals surface area contributed by atoms with E-state index in [0.717, 1.165) is 73.9 Å². The lowest BCUT2D eigenvalue weighted by molar-refractivity contribution is -0.142. The topological polar surface area (TPSA) is 149 Å². The van der Waals surface area contributed by atoms with Crippen molar-refractivity contribution in [2.45, 2.75) is 87.4 Å². The molecule has 5 aromatic rings. The monoisotopic (exact) mass is 819 g/mol. The molecule has 0 aliphatic carbocycles. The third-order valence-electron chi connectivity index (χ3n) is 13.0. The molecule has 0 spiro atoms. The van der Waals surface area contributed by atoms with Crippen LogP contribution in [0.25, 0.3) is 22.8 Å². The van der Waals surface area contributed by atoms with Crippen LogP contribution in [-0.2, 0) is 32.0 Å². The van der Waals surface area contributed by atoms with Gasteiger partial charge in [0.05, 0.1) is 6.20 Å². The fourth-order valence-electron chi connectivity index (χ4n) is 9.84. The van der Waals surface area contributed by atoms with Gasteiger partial charge in [0.15, 0.2) is 5.76 Å². The molecule has 4 saturated heterocycles. The fourth-order valence-corrected chi connectivity index (χ4v) is 9.84. The van der Waals surface area contributed by atoms with Crippen molar-refractivity contribution in [3.8, 4) is 22.8 Å². The van der Waals surface area contributed by atoms with Gasteiger partial charge in [-0.15, -0.1) is 0 Å². The highest BCUT2D eigenvalue weighted by Crippen LogP contribution is 2.34. The molecule has 2 unspecified atom stereocenters. The van der Waals surface area contributed by atoms with Gasteiger partial charge in [0.25, 0.3) is 0 Å². The van der Waals surface area contributed by atoms with Gasteiger partial charge < -0.3 is 35.5 Å². The van der Waals surface area contributed by atoms with Crippen LogP contribution in [0.5, 0.6) is 0 Å². The van der Waals surface area contributed by atoms with Crippen LogP contribution in [0.3, 0.4) is 0 Å². The molecule has 9 rings (SSSR count). The number of nitrogens with one attached hydrogen (secondary N) is 4. The first-order chi connectivity index (χ1) is 29.8. The second-order valence-corrected chi connectivity index (χ2v) is 17.0. The van der Waals surface area contributed by atoms with E-state index in [1.54, 1.807) is 16.0 Å². The SMILES string of the molecule is O=C(Nc1ccc(-c2cnc(-c3ccc(NC(=O)[C@@H]4CCCN4C(=O)C4(Cc5ccccc5)CCCN4)cc3)o2)cc1)[C@@H]1CCCN1C(=O)C1(Cc2ccccc2)CCCN1. The normalized spacial score (nSPS) is 23.6. The highest BCUT2D eigenvalue weighted by Gasteiger charge is 2.49. The summed E-state index contributed by atoms with van der Waals surface area (Å²) in [5, 5.41) is 13.1. The number of benzene rings is 4. The average Bonchev–Trinajstić information content (AvgIpc) is 4.15. The van der Waals surface area contributed by atoms with Crippen molar-refractivity contribution in [2.24, 2.45) is 0 Å². The highest BCUT2D eigenvalue weighted by atomic mass is 16.4. The minimum Gasteiger partial charge on any atom is -0.436 e. The molecule has 12 nitrogen and oxygen atoms in total. The molecule has 314 valence electrons. The molecule has 4 fully saturated rings. The highest BCUT2D eigenvalue weighted by molar-refractivity contribution is 6.00. The quantitative estimate of drug-likeness (QED) is 0.110. The molecule has 0 bridgehead atoms. The van der Waals surface area contributed by atoms with Crippen molar-refractivity contribution < 1.29 is 23.6 Å². The van der Waals surface area contributed by atoms with Crippen molar-refractivity contribution in [1.29, 1.82) is 0 Å². The maximum atomic E-state index is 14.1. The summed E-state index contributed by atoms with van der Waals surface area (Å²) >= 11 is 0. The lowest BCUT2D eigenvalue weighted by atomic mass is 9.87. The Morgan fingerprint density at radius 3 is 1.51 bits per heavy atom. The number of hydrogen-bond donors (Lipinski definition) is 4. The Balaban J connectivity index is 0.801. The Hall–Kier alpha value is -6.11. The Morgan fingerprint density at radius 2 is 1.07 bits per heavy atom. The first-order valence-corrected chi connectivity index (χ1v) is 21.8. The van der Waals surface area contributed by atoms with Gasteiger partial charge in [-0.25, -0.2) is 4.98 Å². The Morgan fingerprint density at radius 1 is 0.607 bits per heavy atom. The summed E-state index contributed by atoms with van der Waals surface area (Å²) in [4.78, 5) is 63.6. The second kappa shape index (κ2) is 17.5. The summed E-state index contributed by atoms with van der Waals surface area (Å²) in [6.07, 6.45) is 9.02. The summed E-state index contributed by atoms with van der Waals surface area (Å²) in [7, 11) is 0. The van der Waals surface area contributed by atoms with Crippen LogP contribution in [0.1, 0.15) is 62.5 Å². The number of oxazole rings is 1. The van der Waals surface area contributed by atoms with E-state index in [4.69, 9.17) is 4.42 Å². The van der Waals surface area contributed by atoms with Gasteiger partial charge in [-0.3, -0.25) is 19.2 Å². The number of likely N-dealkylation sites (tertiary alicyclic amines) is 2. The number of anilines is 2. The van der Waals surface area contributed by atoms with Crippen LogP contribution in [0, 0.1) is 0 Å². The number of rotatable bonds is 12. The molecule has 4 aliphatic heterocycles. The van der Waals surface area contributed by atoms with Gasteiger partial charge >= 0.3 is 0 Å². The fraction of sp³-hybridized carbons (Fsp3) is 0.367. The van der Waals surface area contributed by atoms with Gasteiger partial charge in [0.2, 0.25) is 29.5 Å². The summed E-state index contributed by atoms with van der Waals surface area (Å²) in [6, 6.07) is 33.8. The molecule has 0 saturated carbocycles. The standard InChI is InChI=1S/C49H53N7O5/c57-43(40-15-7-29-55(40)46(59)48(25-9-27-51-48)31-34-11-3-1-4-12-34)53-38-21-17-36(18-22-38)42-33-50-45(61-42)37-19-23-39(24-20-37)54-44(58)41-16-8-30-56(41)47(60)49(26-10-28-52-49)32-35-13-5-2-6-14-35/h1-6,11-14,17-24,33,40-41,51-52H,7-10,15-16,25-32H2,(H,53,57)(H,54,58)/t40-,41-,48?,49?/m0/s1. The number of carbonyl (C=O) groups excluding carboxylic acids is 4. The maximum Gasteiger partial charge on any atom is 0.247 e. The van der Waals surface area contributed by atoms with Crippen molar-refractivity contribution in [3.05, 3.63) is 127 Å². The van der Waals surface area contributed by atoms with Gasteiger partial charge in [-0.1, -0.05) is 60.7 Å². The number of amides is 4. The third kappa shape index (κ3) is 8.47. The average molecular weight is 820 g/mol. The summed E-state index contributed by atoms with van der Waals surface area (Å²) < 4.78 is 6.16. The third-order valence-corrected chi connectivity index (χ3v) is 13.0. The summed E-state index contributed by atoms with van der Waals surface area (Å²) in [5.41, 5.74) is 3.62. The number of nitrogens with zero attached hydrogens (tertiary/aromatic N) is 3. The van der Waals surface area contributed by atoms with E-state index in [0.29, 0.717) is 61.8 Å². The second-order valence-electron chi connectivity index (χ2n) is 17.0. The van der Waals surface area contributed by atoms with Crippen LogP contribution in [-0.4, -0.2) is 87.8 Å². The Bertz CT molecular complexity index is 2170. The molecule has 4 aromatic carbocycles. The lowest BCUT2D eigenvalue weighted by Gasteiger charge is -2.35. The van der Waals surface area contributed by atoms with Crippen molar-refractivity contribution in [3.63, 3.8) is 0 Å². The van der Waals surface area contributed by atoms with E-state index in [1.807, 2.05) is 84.9 Å². The van der Waals surface area contributed by atoms with Crippen LogP contribution < -0.4 is 21.3 Å². The molecule has 4 atom stereocenters. The molecule has 61 heavy (non-hydrogen) atoms. The zero-order valence-electron chi connectivity index (χ0n) is 34.4.